The molecule has 0 aliphatic carbocycles. The number of rotatable bonds is 3. The third kappa shape index (κ3) is 2.18. The Hall–Kier alpha value is -1.09. The average molecular weight is 194 g/mol. The maximum Gasteiger partial charge on any atom is 0.163 e. The van der Waals surface area contributed by atoms with Crippen molar-refractivity contribution in [1.82, 2.24) is 0 Å². The predicted molar refractivity (Wildman–Crippen MR) is 53.7 cm³/mol. The van der Waals surface area contributed by atoms with Gasteiger partial charge < -0.3 is 0 Å². The molecule has 0 unspecified atom stereocenters. The number of aldehydes is 1. The molecule has 3 heteroatoms. The maximum atomic E-state index is 11.4. The van der Waals surface area contributed by atoms with E-state index in [4.69, 9.17) is 0 Å². The van der Waals surface area contributed by atoms with Gasteiger partial charge in [0.05, 0.1) is 0 Å². The number of ketones is 1. The molecular weight excluding hydrogens is 184 g/mol. The lowest BCUT2D eigenvalue weighted by Gasteiger charge is -2.02. The summed E-state index contributed by atoms with van der Waals surface area (Å²) >= 11 is 4.11. The number of hydrogen-bond donors (Lipinski definition) is 1. The van der Waals surface area contributed by atoms with Crippen molar-refractivity contribution in [2.24, 2.45) is 0 Å². The number of Topliss-reactive ketones (excluding diaryl/α,β-unsaturated/α-hetero) is 1. The van der Waals surface area contributed by atoms with E-state index in [1.807, 2.05) is 0 Å². The summed E-state index contributed by atoms with van der Waals surface area (Å²) in [6.07, 6.45) is 1.09. The molecule has 0 aliphatic rings. The Kier molecular flexibility index (Phi) is 3.25. The van der Waals surface area contributed by atoms with Crippen LogP contribution in [0.2, 0.25) is 0 Å². The van der Waals surface area contributed by atoms with Gasteiger partial charge in [-0.3, -0.25) is 9.59 Å². The van der Waals surface area contributed by atoms with E-state index in [1.54, 1.807) is 25.1 Å². The normalized spacial score (nSPS) is 9.69. The third-order valence-corrected chi connectivity index (χ3v) is 2.06. The highest BCUT2D eigenvalue weighted by Crippen LogP contribution is 2.15. The van der Waals surface area contributed by atoms with Gasteiger partial charge in [0.2, 0.25) is 0 Å². The summed E-state index contributed by atoms with van der Waals surface area (Å²) in [4.78, 5) is 22.6. The fourth-order valence-corrected chi connectivity index (χ4v) is 1.28. The van der Waals surface area contributed by atoms with Crippen LogP contribution < -0.4 is 0 Å². The first-order valence-electron chi connectivity index (χ1n) is 4.00. The van der Waals surface area contributed by atoms with Crippen molar-refractivity contribution < 1.29 is 9.59 Å². The van der Waals surface area contributed by atoms with Gasteiger partial charge in [-0.2, -0.15) is 0 Å². The molecule has 0 aromatic heterocycles. The first-order chi connectivity index (χ1) is 6.19. The number of hydrogen-bond acceptors (Lipinski definition) is 3. The van der Waals surface area contributed by atoms with E-state index in [9.17, 15) is 9.59 Å². The van der Waals surface area contributed by atoms with Crippen LogP contribution in [0.3, 0.4) is 0 Å². The van der Waals surface area contributed by atoms with Crippen LogP contribution in [-0.2, 0) is 0 Å². The van der Waals surface area contributed by atoms with Crippen molar-refractivity contribution in [2.45, 2.75) is 18.2 Å². The molecule has 0 saturated heterocycles. The van der Waals surface area contributed by atoms with Gasteiger partial charge >= 0.3 is 0 Å². The lowest BCUT2D eigenvalue weighted by Crippen LogP contribution is -2.01. The lowest BCUT2D eigenvalue weighted by atomic mass is 10.0. The zero-order valence-corrected chi connectivity index (χ0v) is 8.17. The van der Waals surface area contributed by atoms with Gasteiger partial charge in [-0.25, -0.2) is 0 Å². The molecule has 0 radical (unpaired) electrons. The minimum atomic E-state index is -0.0296. The Morgan fingerprint density at radius 2 is 2.23 bits per heavy atom. The van der Waals surface area contributed by atoms with E-state index in [0.29, 0.717) is 28.7 Å². The van der Waals surface area contributed by atoms with Gasteiger partial charge in [0.15, 0.2) is 12.1 Å². The molecule has 0 heterocycles. The van der Waals surface area contributed by atoms with Crippen LogP contribution in [0.4, 0.5) is 0 Å². The Bertz CT molecular complexity index is 345. The molecule has 0 amide bonds. The summed E-state index contributed by atoms with van der Waals surface area (Å²) in [6.45, 7) is 1.77. The fraction of sp³-hybridized carbons (Fsp3) is 0.200. The first kappa shape index (κ1) is 9.99. The summed E-state index contributed by atoms with van der Waals surface area (Å²) in [5, 5.41) is 0. The van der Waals surface area contributed by atoms with Crippen molar-refractivity contribution in [3.8, 4) is 0 Å². The van der Waals surface area contributed by atoms with E-state index in [1.165, 1.54) is 0 Å². The van der Waals surface area contributed by atoms with Crippen LogP contribution in [0.25, 0.3) is 0 Å². The average Bonchev–Trinajstić information content (AvgIpc) is 2.16. The zero-order chi connectivity index (χ0) is 9.84. The topological polar surface area (TPSA) is 34.1 Å². The van der Waals surface area contributed by atoms with Crippen molar-refractivity contribution in [3.05, 3.63) is 29.3 Å². The second-order valence-corrected chi connectivity index (χ2v) is 3.18. The Balaban J connectivity index is 3.23. The largest absolute Gasteiger partial charge is 0.298 e. The van der Waals surface area contributed by atoms with Crippen molar-refractivity contribution in [3.63, 3.8) is 0 Å². The van der Waals surface area contributed by atoms with Crippen LogP contribution in [0.5, 0.6) is 0 Å². The molecule has 1 aromatic rings. The molecule has 0 saturated carbocycles. The number of thiol groups is 1. The summed E-state index contributed by atoms with van der Waals surface area (Å²) < 4.78 is 0. The Morgan fingerprint density at radius 1 is 1.54 bits per heavy atom. The molecule has 0 spiro atoms. The lowest BCUT2D eigenvalue weighted by molar-refractivity contribution is 0.0981. The monoisotopic (exact) mass is 194 g/mol. The minimum absolute atomic E-state index is 0.0296. The molecule has 0 atom stereocenters. The smallest absolute Gasteiger partial charge is 0.163 e. The van der Waals surface area contributed by atoms with Gasteiger partial charge in [-0.05, 0) is 18.2 Å². The molecule has 1 aromatic carbocycles. The summed E-state index contributed by atoms with van der Waals surface area (Å²) in [5.41, 5.74) is 0.898. The quantitative estimate of drug-likeness (QED) is 0.455. The summed E-state index contributed by atoms with van der Waals surface area (Å²) in [5.74, 6) is -0.0296. The minimum Gasteiger partial charge on any atom is -0.298 e. The molecule has 0 N–H and O–H groups in total. The van der Waals surface area contributed by atoms with Crippen LogP contribution in [0.15, 0.2) is 23.1 Å². The van der Waals surface area contributed by atoms with Gasteiger partial charge in [0.25, 0.3) is 0 Å². The molecule has 13 heavy (non-hydrogen) atoms. The van der Waals surface area contributed by atoms with Gasteiger partial charge in [0, 0.05) is 22.4 Å². The van der Waals surface area contributed by atoms with Gasteiger partial charge in [0.1, 0.15) is 0 Å². The second-order valence-electron chi connectivity index (χ2n) is 2.67. The van der Waals surface area contributed by atoms with Crippen LogP contribution in [0.1, 0.15) is 34.1 Å². The van der Waals surface area contributed by atoms with Gasteiger partial charge in [-0.1, -0.05) is 6.92 Å². The Morgan fingerprint density at radius 3 is 2.77 bits per heavy atom. The van der Waals surface area contributed by atoms with Gasteiger partial charge in [-0.15, -0.1) is 12.6 Å². The highest BCUT2D eigenvalue weighted by atomic mass is 32.1. The summed E-state index contributed by atoms with van der Waals surface area (Å²) in [6, 6.07) is 4.93. The van der Waals surface area contributed by atoms with E-state index in [0.717, 1.165) is 0 Å². The second kappa shape index (κ2) is 4.23. The van der Waals surface area contributed by atoms with Crippen molar-refractivity contribution in [1.29, 1.82) is 0 Å². The number of benzene rings is 1. The van der Waals surface area contributed by atoms with E-state index in [2.05, 4.69) is 12.6 Å². The molecule has 1 rings (SSSR count). The molecule has 68 valence electrons. The first-order valence-corrected chi connectivity index (χ1v) is 4.45. The molecular formula is C10H10O2S. The fourth-order valence-electron chi connectivity index (χ4n) is 1.08. The number of carbonyl (C=O) groups is 2. The van der Waals surface area contributed by atoms with Crippen LogP contribution >= 0.6 is 12.6 Å². The van der Waals surface area contributed by atoms with Crippen LogP contribution in [0, 0.1) is 0 Å². The molecule has 0 bridgehead atoms. The highest BCUT2D eigenvalue weighted by Gasteiger charge is 2.08. The maximum absolute atomic E-state index is 11.4. The SMILES string of the molecule is CCC(=O)c1cc(S)ccc1C=O. The summed E-state index contributed by atoms with van der Waals surface area (Å²) in [7, 11) is 0. The van der Waals surface area contributed by atoms with Crippen molar-refractivity contribution >= 4 is 24.7 Å². The number of carbonyl (C=O) groups excluding carboxylic acids is 2. The third-order valence-electron chi connectivity index (χ3n) is 1.79. The zero-order valence-electron chi connectivity index (χ0n) is 7.28. The predicted octanol–water partition coefficient (Wildman–Crippen LogP) is 2.38. The van der Waals surface area contributed by atoms with Crippen molar-refractivity contribution in [2.75, 3.05) is 0 Å². The standard InChI is InChI=1S/C10H10O2S/c1-2-10(12)9-5-8(13)4-3-7(9)6-11/h3-6,13H,2H2,1H3. The van der Waals surface area contributed by atoms with E-state index in [-0.39, 0.29) is 5.78 Å². The van der Waals surface area contributed by atoms with E-state index < -0.39 is 0 Å². The van der Waals surface area contributed by atoms with Crippen LogP contribution in [-0.4, -0.2) is 12.1 Å². The molecule has 2 nitrogen and oxygen atoms in total. The molecule has 0 aliphatic heterocycles. The Labute approximate surface area is 82.4 Å². The highest BCUT2D eigenvalue weighted by molar-refractivity contribution is 7.80. The molecule has 0 fully saturated rings. The van der Waals surface area contributed by atoms with E-state index >= 15 is 0 Å².